The molecule has 106 valence electrons. The molecule has 0 amide bonds. The van der Waals surface area contributed by atoms with Crippen molar-refractivity contribution in [2.75, 3.05) is 6.61 Å². The average molecular weight is 265 g/mol. The van der Waals surface area contributed by atoms with Gasteiger partial charge >= 0.3 is 5.97 Å². The molecule has 0 aliphatic carbocycles. The van der Waals surface area contributed by atoms with E-state index < -0.39 is 49.2 Å². The molecule has 1 aliphatic rings. The quantitative estimate of drug-likeness (QED) is 0.458. The Hall–Kier alpha value is -0.730. The van der Waals surface area contributed by atoms with Crippen molar-refractivity contribution in [3.8, 4) is 0 Å². The van der Waals surface area contributed by atoms with E-state index in [1.807, 2.05) is 0 Å². The van der Waals surface area contributed by atoms with Crippen LogP contribution in [0.15, 0.2) is 0 Å². The fraction of sp³-hybridized carbons (Fsp3) is 0.909. The molecule has 0 aromatic rings. The molecule has 2 unspecified atom stereocenters. The largest absolute Gasteiger partial charge is 0.454 e. The maximum Gasteiger partial charge on any atom is 0.306 e. The van der Waals surface area contributed by atoms with E-state index in [1.165, 1.54) is 0 Å². The minimum Gasteiger partial charge on any atom is -0.454 e. The van der Waals surface area contributed by atoms with Gasteiger partial charge in [0.2, 0.25) is 5.79 Å². The summed E-state index contributed by atoms with van der Waals surface area (Å²) in [5.41, 5.74) is 0. The van der Waals surface area contributed by atoms with E-state index >= 15 is 0 Å². The maximum atomic E-state index is 11.5. The highest BCUT2D eigenvalue weighted by molar-refractivity contribution is 5.69. The van der Waals surface area contributed by atoms with Gasteiger partial charge in [-0.15, -0.1) is 0 Å². The van der Waals surface area contributed by atoms with Gasteiger partial charge in [-0.3, -0.25) is 4.79 Å². The Bertz CT molecular complexity index is 322. The van der Waals surface area contributed by atoms with Gasteiger partial charge < -0.3 is 29.9 Å². The smallest absolute Gasteiger partial charge is 0.306 e. The van der Waals surface area contributed by atoms with Gasteiger partial charge in [0, 0.05) is 7.77 Å². The third kappa shape index (κ3) is 3.18. The van der Waals surface area contributed by atoms with Crippen LogP contribution >= 0.6 is 0 Å². The number of hydrogen-bond acceptors (Lipinski definition) is 7. The maximum absolute atomic E-state index is 11.5. The molecule has 0 bridgehead atoms. The molecule has 0 radical (unpaired) electrons. The number of esters is 1. The zero-order valence-corrected chi connectivity index (χ0v) is 10.3. The average Bonchev–Trinajstić information content (AvgIpc) is 2.37. The Balaban J connectivity index is 2.84. The first-order valence-electron chi connectivity index (χ1n) is 6.32. The van der Waals surface area contributed by atoms with E-state index in [9.17, 15) is 20.1 Å². The second kappa shape index (κ2) is 5.94. The van der Waals surface area contributed by atoms with Gasteiger partial charge in [-0.05, 0) is 13.3 Å². The predicted octanol–water partition coefficient (Wildman–Crippen LogP) is -1.48. The summed E-state index contributed by atoms with van der Waals surface area (Å²) in [6.45, 7) is 2.15. The highest BCUT2D eigenvalue weighted by atomic mass is 16.7. The number of rotatable bonds is 4. The van der Waals surface area contributed by atoms with Gasteiger partial charge in [0.05, 0.1) is 6.61 Å². The summed E-state index contributed by atoms with van der Waals surface area (Å²) in [6, 6.07) is 0. The molecule has 1 saturated heterocycles. The molecule has 7 nitrogen and oxygen atoms in total. The Morgan fingerprint density at radius 1 is 1.50 bits per heavy atom. The molecule has 0 aromatic carbocycles. The second-order valence-electron chi connectivity index (χ2n) is 4.34. The van der Waals surface area contributed by atoms with Crippen LogP contribution in [-0.4, -0.2) is 63.2 Å². The molecule has 7 heteroatoms. The van der Waals surface area contributed by atoms with Crippen LogP contribution in [0.4, 0.5) is 0 Å². The summed E-state index contributed by atoms with van der Waals surface area (Å²) in [6.07, 6.45) is -6.76. The number of carbonyl (C=O) groups excluding carboxylic acids is 1. The Morgan fingerprint density at radius 2 is 2.11 bits per heavy atom. The number of aliphatic hydroxyl groups is 4. The normalized spacial score (nSPS) is 43.1. The first-order chi connectivity index (χ1) is 8.74. The number of hydrogen-bond donors (Lipinski definition) is 4. The van der Waals surface area contributed by atoms with E-state index in [2.05, 4.69) is 0 Å². The van der Waals surface area contributed by atoms with Crippen LogP contribution in [0.25, 0.3) is 0 Å². The highest BCUT2D eigenvalue weighted by Gasteiger charge is 2.52. The molecule has 6 atom stereocenters. The van der Waals surface area contributed by atoms with E-state index in [-0.39, 0.29) is 6.42 Å². The molecule has 0 aromatic heterocycles. The molecule has 1 aliphatic heterocycles. The zero-order valence-electron chi connectivity index (χ0n) is 11.3. The molecule has 1 rings (SSSR count). The van der Waals surface area contributed by atoms with Gasteiger partial charge in [-0.25, -0.2) is 0 Å². The van der Waals surface area contributed by atoms with Crippen LogP contribution in [-0.2, 0) is 14.3 Å². The molecule has 18 heavy (non-hydrogen) atoms. The van der Waals surface area contributed by atoms with Crippen molar-refractivity contribution in [2.24, 2.45) is 0 Å². The van der Waals surface area contributed by atoms with Crippen LogP contribution in [0.2, 0.25) is 0 Å². The molecule has 1 heterocycles. The standard InChI is InChI=1S/C11H20O7/c1-3-4-7(13)17-10-9(15)8(14)6(5-12)18-11(10,2)16/h6,8-10,12,14-16H,3-5H2,1-2H3/t6-,8-,9+,10-,11?/m1/s1/i4D/t4?,6-,8-,9+,10-,11?. The van der Waals surface area contributed by atoms with Gasteiger partial charge in [0.25, 0.3) is 0 Å². The molecular formula is C11H20O7. The van der Waals surface area contributed by atoms with E-state index in [0.717, 1.165) is 6.92 Å². The number of carbonyl (C=O) groups is 1. The lowest BCUT2D eigenvalue weighted by atomic mass is 9.93. The third-order valence-corrected chi connectivity index (χ3v) is 2.75. The first-order valence-corrected chi connectivity index (χ1v) is 5.74. The van der Waals surface area contributed by atoms with Crippen molar-refractivity contribution >= 4 is 5.97 Å². The summed E-state index contributed by atoms with van der Waals surface area (Å²) in [7, 11) is 0. The van der Waals surface area contributed by atoms with Crippen LogP contribution in [0, 0.1) is 0 Å². The van der Waals surface area contributed by atoms with Crippen molar-refractivity contribution in [1.29, 1.82) is 0 Å². The van der Waals surface area contributed by atoms with Gasteiger partial charge in [0.15, 0.2) is 6.10 Å². The summed E-state index contributed by atoms with van der Waals surface area (Å²) in [5, 5.41) is 38.4. The van der Waals surface area contributed by atoms with E-state index in [1.54, 1.807) is 6.92 Å². The molecule has 1 fully saturated rings. The van der Waals surface area contributed by atoms with Gasteiger partial charge in [-0.1, -0.05) is 6.92 Å². The molecular weight excluding hydrogens is 244 g/mol. The van der Waals surface area contributed by atoms with Crippen LogP contribution in [0.3, 0.4) is 0 Å². The van der Waals surface area contributed by atoms with Crippen molar-refractivity contribution < 1.29 is 36.1 Å². The minimum atomic E-state index is -2.06. The predicted molar refractivity (Wildman–Crippen MR) is 59.4 cm³/mol. The monoisotopic (exact) mass is 265 g/mol. The lowest BCUT2D eigenvalue weighted by Crippen LogP contribution is -2.65. The third-order valence-electron chi connectivity index (χ3n) is 2.75. The van der Waals surface area contributed by atoms with E-state index in [4.69, 9.17) is 16.0 Å². The summed E-state index contributed by atoms with van der Waals surface area (Å²) in [5.74, 6) is -2.99. The molecule has 0 spiro atoms. The fourth-order valence-corrected chi connectivity index (χ4v) is 1.82. The van der Waals surface area contributed by atoms with E-state index in [0.29, 0.717) is 0 Å². The summed E-state index contributed by atoms with van der Waals surface area (Å²) < 4.78 is 17.2. The number of ether oxygens (including phenoxy) is 2. The van der Waals surface area contributed by atoms with Crippen LogP contribution in [0.1, 0.15) is 28.0 Å². The van der Waals surface area contributed by atoms with Crippen molar-refractivity contribution in [3.63, 3.8) is 0 Å². The summed E-state index contributed by atoms with van der Waals surface area (Å²) in [4.78, 5) is 11.5. The van der Waals surface area contributed by atoms with Gasteiger partial charge in [-0.2, -0.15) is 0 Å². The molecule has 0 saturated carbocycles. The van der Waals surface area contributed by atoms with Crippen LogP contribution in [0.5, 0.6) is 0 Å². The fourth-order valence-electron chi connectivity index (χ4n) is 1.82. The van der Waals surface area contributed by atoms with Crippen molar-refractivity contribution in [2.45, 2.75) is 56.9 Å². The Kier molecular flexibility index (Phi) is 4.52. The van der Waals surface area contributed by atoms with Gasteiger partial charge in [0.1, 0.15) is 18.3 Å². The lowest BCUT2D eigenvalue weighted by Gasteiger charge is -2.45. The minimum absolute atomic E-state index is 0.215. The topological polar surface area (TPSA) is 116 Å². The van der Waals surface area contributed by atoms with Crippen LogP contribution < -0.4 is 0 Å². The summed E-state index contributed by atoms with van der Waals surface area (Å²) >= 11 is 0. The van der Waals surface area contributed by atoms with Crippen molar-refractivity contribution in [3.05, 3.63) is 0 Å². The Morgan fingerprint density at radius 3 is 2.61 bits per heavy atom. The SMILES string of the molecule is [2H]C(CC)C(=O)O[C@@H]1[C@@H](O)[C@H](O)[C@@H](CO)OC1(C)O. The second-order valence-corrected chi connectivity index (χ2v) is 4.34. The zero-order chi connectivity index (χ0) is 14.8. The number of aliphatic hydroxyl groups excluding tert-OH is 3. The lowest BCUT2D eigenvalue weighted by molar-refractivity contribution is -0.342. The molecule has 4 N–H and O–H groups in total. The van der Waals surface area contributed by atoms with Crippen molar-refractivity contribution in [1.82, 2.24) is 0 Å². The highest BCUT2D eigenvalue weighted by Crippen LogP contribution is 2.30. The Labute approximate surface area is 106 Å². The first kappa shape index (κ1) is 13.7.